The summed E-state index contributed by atoms with van der Waals surface area (Å²) in [5.74, 6) is -0.0103. The first-order chi connectivity index (χ1) is 13.2. The zero-order valence-electron chi connectivity index (χ0n) is 16.6. The van der Waals surface area contributed by atoms with Gasteiger partial charge in [0.05, 0.1) is 13.2 Å². The molecule has 150 valence electrons. The summed E-state index contributed by atoms with van der Waals surface area (Å²) in [6, 6.07) is 12.4. The Hall–Kier alpha value is -2.38. The number of nitrogens with one attached hydrogen (secondary N) is 1. The van der Waals surface area contributed by atoms with Crippen LogP contribution in [0, 0.1) is 0 Å². The number of ether oxygens (including phenoxy) is 1. The van der Waals surface area contributed by atoms with E-state index in [-0.39, 0.29) is 28.6 Å². The molecule has 0 fully saturated rings. The molecule has 1 aliphatic carbocycles. The molecule has 1 aliphatic rings. The molecule has 7 heteroatoms. The van der Waals surface area contributed by atoms with Gasteiger partial charge in [-0.15, -0.1) is 0 Å². The number of hydrogen-bond acceptors (Lipinski definition) is 4. The van der Waals surface area contributed by atoms with Gasteiger partial charge in [-0.1, -0.05) is 24.3 Å². The number of amides is 1. The molecule has 6 nitrogen and oxygen atoms in total. The largest absolute Gasteiger partial charge is 0.495 e. The lowest BCUT2D eigenvalue weighted by molar-refractivity contribution is 0.0730. The monoisotopic (exact) mass is 402 g/mol. The molecule has 0 spiro atoms. The summed E-state index contributed by atoms with van der Waals surface area (Å²) in [5.41, 5.74) is 2.73. The lowest BCUT2D eigenvalue weighted by Crippen LogP contribution is -2.32. The van der Waals surface area contributed by atoms with Crippen LogP contribution in [0.1, 0.15) is 47.8 Å². The van der Waals surface area contributed by atoms with Gasteiger partial charge < -0.3 is 9.64 Å². The van der Waals surface area contributed by atoms with Gasteiger partial charge in [0.25, 0.3) is 5.91 Å². The SMILES string of the molecule is COc1ccc(C(=O)N(C)[C@H]2CCc3ccccc32)cc1S(=O)(=O)NC(C)C. The predicted molar refractivity (Wildman–Crippen MR) is 108 cm³/mol. The van der Waals surface area contributed by atoms with Gasteiger partial charge in [0.1, 0.15) is 10.6 Å². The van der Waals surface area contributed by atoms with Gasteiger partial charge in [-0.05, 0) is 56.0 Å². The second-order valence-electron chi connectivity index (χ2n) is 7.31. The van der Waals surface area contributed by atoms with Gasteiger partial charge in [-0.25, -0.2) is 13.1 Å². The normalized spacial score (nSPS) is 16.1. The first-order valence-electron chi connectivity index (χ1n) is 9.30. The minimum Gasteiger partial charge on any atom is -0.495 e. The van der Waals surface area contributed by atoms with Crippen LogP contribution in [0.4, 0.5) is 0 Å². The first-order valence-corrected chi connectivity index (χ1v) is 10.8. The van der Waals surface area contributed by atoms with Crippen LogP contribution >= 0.6 is 0 Å². The maximum absolute atomic E-state index is 13.1. The van der Waals surface area contributed by atoms with Crippen molar-refractivity contribution in [3.8, 4) is 5.75 Å². The number of sulfonamides is 1. The van der Waals surface area contributed by atoms with Crippen LogP contribution in [-0.2, 0) is 16.4 Å². The Morgan fingerprint density at radius 1 is 1.21 bits per heavy atom. The van der Waals surface area contributed by atoms with Crippen LogP contribution in [0.15, 0.2) is 47.4 Å². The Bertz CT molecular complexity index is 986. The summed E-state index contributed by atoms with van der Waals surface area (Å²) in [6.07, 6.45) is 1.79. The van der Waals surface area contributed by atoms with Crippen LogP contribution < -0.4 is 9.46 Å². The summed E-state index contributed by atoms with van der Waals surface area (Å²) < 4.78 is 33.1. The number of hydrogen-bond donors (Lipinski definition) is 1. The minimum absolute atomic E-state index is 0.0142. The highest BCUT2D eigenvalue weighted by Gasteiger charge is 2.30. The van der Waals surface area contributed by atoms with Crippen molar-refractivity contribution >= 4 is 15.9 Å². The molecule has 0 saturated carbocycles. The van der Waals surface area contributed by atoms with Gasteiger partial charge in [0.15, 0.2) is 0 Å². The lowest BCUT2D eigenvalue weighted by Gasteiger charge is -2.26. The predicted octanol–water partition coefficient (Wildman–Crippen LogP) is 3.14. The summed E-state index contributed by atoms with van der Waals surface area (Å²) >= 11 is 0. The molecule has 2 aromatic rings. The van der Waals surface area contributed by atoms with Crippen LogP contribution in [0.3, 0.4) is 0 Å². The Morgan fingerprint density at radius 3 is 2.61 bits per heavy atom. The number of carbonyl (C=O) groups is 1. The van der Waals surface area contributed by atoms with Crippen molar-refractivity contribution in [3.05, 3.63) is 59.2 Å². The van der Waals surface area contributed by atoms with Crippen molar-refractivity contribution in [2.75, 3.05) is 14.2 Å². The molecule has 0 heterocycles. The molecule has 0 aliphatic heterocycles. The third-order valence-electron chi connectivity index (χ3n) is 4.98. The summed E-state index contributed by atoms with van der Waals surface area (Å²) in [6.45, 7) is 3.48. The van der Waals surface area contributed by atoms with E-state index in [1.165, 1.54) is 24.8 Å². The van der Waals surface area contributed by atoms with E-state index in [1.807, 2.05) is 18.2 Å². The fourth-order valence-electron chi connectivity index (χ4n) is 3.68. The Morgan fingerprint density at radius 2 is 1.93 bits per heavy atom. The van der Waals surface area contributed by atoms with Gasteiger partial charge in [0, 0.05) is 18.7 Å². The lowest BCUT2D eigenvalue weighted by atomic mass is 10.1. The van der Waals surface area contributed by atoms with E-state index in [4.69, 9.17) is 4.74 Å². The van der Waals surface area contributed by atoms with Crippen molar-refractivity contribution in [2.45, 2.75) is 43.7 Å². The number of rotatable bonds is 6. The highest BCUT2D eigenvalue weighted by molar-refractivity contribution is 7.89. The maximum atomic E-state index is 13.1. The quantitative estimate of drug-likeness (QED) is 0.805. The molecule has 0 saturated heterocycles. The third kappa shape index (κ3) is 3.91. The summed E-state index contributed by atoms with van der Waals surface area (Å²) in [7, 11) is -0.624. The van der Waals surface area contributed by atoms with Crippen LogP contribution in [0.5, 0.6) is 5.75 Å². The van der Waals surface area contributed by atoms with E-state index in [0.29, 0.717) is 5.56 Å². The summed E-state index contributed by atoms with van der Waals surface area (Å²) in [5, 5.41) is 0. The van der Waals surface area contributed by atoms with Crippen molar-refractivity contribution in [2.24, 2.45) is 0 Å². The van der Waals surface area contributed by atoms with Crippen molar-refractivity contribution in [1.29, 1.82) is 0 Å². The second-order valence-corrected chi connectivity index (χ2v) is 8.99. The zero-order chi connectivity index (χ0) is 20.5. The van der Waals surface area contributed by atoms with Gasteiger partial charge in [0.2, 0.25) is 10.0 Å². The second kappa shape index (κ2) is 7.93. The van der Waals surface area contributed by atoms with Crippen molar-refractivity contribution in [3.63, 3.8) is 0 Å². The van der Waals surface area contributed by atoms with Crippen LogP contribution in [-0.4, -0.2) is 39.4 Å². The molecule has 1 atom stereocenters. The fraction of sp³-hybridized carbons (Fsp3) is 0.381. The number of aryl methyl sites for hydroxylation is 1. The molecule has 3 rings (SSSR count). The highest BCUT2D eigenvalue weighted by atomic mass is 32.2. The Labute approximate surface area is 166 Å². The molecular weight excluding hydrogens is 376 g/mol. The minimum atomic E-state index is -3.80. The van der Waals surface area contributed by atoms with Gasteiger partial charge in [-0.3, -0.25) is 4.79 Å². The number of fused-ring (bicyclic) bond motifs is 1. The van der Waals surface area contributed by atoms with Gasteiger partial charge in [-0.2, -0.15) is 0 Å². The summed E-state index contributed by atoms with van der Waals surface area (Å²) in [4.78, 5) is 14.8. The first kappa shape index (κ1) is 20.4. The molecule has 0 bridgehead atoms. The standard InChI is InChI=1S/C21H26N2O4S/c1-14(2)22-28(25,26)20-13-16(10-12-19(20)27-4)21(24)23(3)18-11-9-15-7-5-6-8-17(15)18/h5-8,10,12-14,18,22H,9,11H2,1-4H3/t18-/m0/s1. The molecule has 2 aromatic carbocycles. The topological polar surface area (TPSA) is 75.7 Å². The smallest absolute Gasteiger partial charge is 0.254 e. The maximum Gasteiger partial charge on any atom is 0.254 e. The Kier molecular flexibility index (Phi) is 5.76. The zero-order valence-corrected chi connectivity index (χ0v) is 17.4. The molecule has 28 heavy (non-hydrogen) atoms. The van der Waals surface area contributed by atoms with Crippen molar-refractivity contribution in [1.82, 2.24) is 9.62 Å². The van der Waals surface area contributed by atoms with E-state index in [9.17, 15) is 13.2 Å². The molecular formula is C21H26N2O4S. The molecule has 0 aromatic heterocycles. The molecule has 0 unspecified atom stereocenters. The van der Waals surface area contributed by atoms with Crippen molar-refractivity contribution < 1.29 is 17.9 Å². The third-order valence-corrected chi connectivity index (χ3v) is 6.66. The molecule has 1 N–H and O–H groups in total. The van der Waals surface area contributed by atoms with Crippen LogP contribution in [0.25, 0.3) is 0 Å². The van der Waals surface area contributed by atoms with Crippen LogP contribution in [0.2, 0.25) is 0 Å². The number of nitrogens with zero attached hydrogens (tertiary/aromatic N) is 1. The van der Waals surface area contributed by atoms with E-state index in [1.54, 1.807) is 31.9 Å². The average Bonchev–Trinajstić information content (AvgIpc) is 3.09. The molecule has 0 radical (unpaired) electrons. The average molecular weight is 403 g/mol. The number of carbonyl (C=O) groups excluding carboxylic acids is 1. The Balaban J connectivity index is 1.93. The van der Waals surface area contributed by atoms with Gasteiger partial charge >= 0.3 is 0 Å². The van der Waals surface area contributed by atoms with E-state index < -0.39 is 10.0 Å². The number of benzene rings is 2. The fourth-order valence-corrected chi connectivity index (χ4v) is 5.12. The van der Waals surface area contributed by atoms with E-state index in [0.717, 1.165) is 18.4 Å². The highest BCUT2D eigenvalue weighted by Crippen LogP contribution is 2.36. The number of methoxy groups -OCH3 is 1. The molecule has 1 amide bonds. The van der Waals surface area contributed by atoms with E-state index in [2.05, 4.69) is 10.8 Å². The van der Waals surface area contributed by atoms with E-state index >= 15 is 0 Å².